The summed E-state index contributed by atoms with van der Waals surface area (Å²) in [5.74, 6) is -0.345. The van der Waals surface area contributed by atoms with Gasteiger partial charge in [0.2, 0.25) is 0 Å². The molecule has 1 unspecified atom stereocenters. The first-order valence-electron chi connectivity index (χ1n) is 5.14. The van der Waals surface area contributed by atoms with Crippen LogP contribution in [0.3, 0.4) is 0 Å². The van der Waals surface area contributed by atoms with Gasteiger partial charge in [0.05, 0.1) is 11.4 Å². The summed E-state index contributed by atoms with van der Waals surface area (Å²) in [4.78, 5) is 28.6. The average Bonchev–Trinajstić information content (AvgIpc) is 2.77. The maximum absolute atomic E-state index is 12.2. The Morgan fingerprint density at radius 1 is 1.59 bits per heavy atom. The number of carboxylic acids is 1. The molecule has 1 amide bonds. The molecule has 0 aliphatic carbocycles. The Morgan fingerprint density at radius 3 is 3.00 bits per heavy atom. The van der Waals surface area contributed by atoms with Gasteiger partial charge in [-0.05, 0) is 19.1 Å². The van der Waals surface area contributed by atoms with Gasteiger partial charge < -0.3 is 10.0 Å². The number of hydrogen-bond donors (Lipinski definition) is 1. The molecule has 0 aromatic carbocycles. The van der Waals surface area contributed by atoms with E-state index in [4.69, 9.17) is 5.11 Å². The summed E-state index contributed by atoms with van der Waals surface area (Å²) in [5, 5.41) is 9.03. The van der Waals surface area contributed by atoms with Gasteiger partial charge in [-0.25, -0.2) is 4.79 Å². The van der Waals surface area contributed by atoms with Crippen LogP contribution in [0.2, 0.25) is 0 Å². The lowest BCUT2D eigenvalue weighted by Crippen LogP contribution is -2.42. The van der Waals surface area contributed by atoms with E-state index in [1.54, 1.807) is 25.3 Å². The fourth-order valence-corrected chi connectivity index (χ4v) is 2.86. The summed E-state index contributed by atoms with van der Waals surface area (Å²) < 4.78 is 0. The fraction of sp³-hybridized carbons (Fsp3) is 0.364. The van der Waals surface area contributed by atoms with Gasteiger partial charge in [-0.1, -0.05) is 0 Å². The number of aryl methyl sites for hydroxylation is 1. The third-order valence-electron chi connectivity index (χ3n) is 2.67. The van der Waals surface area contributed by atoms with Crippen LogP contribution in [0.5, 0.6) is 0 Å². The molecule has 5 nitrogen and oxygen atoms in total. The minimum absolute atomic E-state index is 0.256. The highest BCUT2D eigenvalue weighted by molar-refractivity contribution is 7.99. The first kappa shape index (κ1) is 11.9. The number of carbonyl (C=O) groups is 2. The van der Waals surface area contributed by atoms with Gasteiger partial charge in [0.15, 0.2) is 0 Å². The summed E-state index contributed by atoms with van der Waals surface area (Å²) in [6, 6.07) is 2.62. The molecular weight excluding hydrogens is 240 g/mol. The SMILES string of the molecule is Cc1ncccc1C(=O)N1CSCC1C(=O)O. The number of aliphatic carboxylic acids is 1. The highest BCUT2D eigenvalue weighted by atomic mass is 32.2. The summed E-state index contributed by atoms with van der Waals surface area (Å²) in [6.07, 6.45) is 1.61. The third-order valence-corrected chi connectivity index (χ3v) is 3.68. The molecule has 1 N–H and O–H groups in total. The molecule has 17 heavy (non-hydrogen) atoms. The number of amides is 1. The monoisotopic (exact) mass is 252 g/mol. The number of carbonyl (C=O) groups excluding carboxylic acids is 1. The molecule has 1 saturated heterocycles. The number of rotatable bonds is 2. The Hall–Kier alpha value is -1.56. The quantitative estimate of drug-likeness (QED) is 0.850. The Bertz CT molecular complexity index is 464. The average molecular weight is 252 g/mol. The van der Waals surface area contributed by atoms with Crippen LogP contribution in [0.25, 0.3) is 0 Å². The van der Waals surface area contributed by atoms with Gasteiger partial charge in [0.25, 0.3) is 5.91 Å². The second-order valence-electron chi connectivity index (χ2n) is 3.77. The molecule has 6 heteroatoms. The van der Waals surface area contributed by atoms with Crippen molar-refractivity contribution in [1.29, 1.82) is 0 Å². The summed E-state index contributed by atoms with van der Waals surface area (Å²) in [5.41, 5.74) is 1.10. The van der Waals surface area contributed by atoms with Crippen molar-refractivity contribution in [2.75, 3.05) is 11.6 Å². The standard InChI is InChI=1S/C11H12N2O3S/c1-7-8(3-2-4-12-7)10(14)13-6-17-5-9(13)11(15)16/h2-4,9H,5-6H2,1H3,(H,15,16). The molecule has 1 aliphatic rings. The molecular formula is C11H12N2O3S. The van der Waals surface area contributed by atoms with E-state index in [9.17, 15) is 9.59 Å². The zero-order valence-corrected chi connectivity index (χ0v) is 10.1. The number of thioether (sulfide) groups is 1. The van der Waals surface area contributed by atoms with E-state index in [0.717, 1.165) is 0 Å². The predicted octanol–water partition coefficient (Wildman–Crippen LogP) is 0.990. The van der Waals surface area contributed by atoms with Crippen LogP contribution >= 0.6 is 11.8 Å². The topological polar surface area (TPSA) is 70.5 Å². The van der Waals surface area contributed by atoms with Gasteiger partial charge in [-0.15, -0.1) is 11.8 Å². The molecule has 0 spiro atoms. The maximum Gasteiger partial charge on any atom is 0.327 e. The van der Waals surface area contributed by atoms with Gasteiger partial charge in [0.1, 0.15) is 6.04 Å². The molecule has 0 bridgehead atoms. The number of carboxylic acid groups (broad SMARTS) is 1. The Labute approximate surface area is 103 Å². The van der Waals surface area contributed by atoms with Crippen molar-refractivity contribution >= 4 is 23.6 Å². The molecule has 90 valence electrons. The van der Waals surface area contributed by atoms with Crippen molar-refractivity contribution in [3.05, 3.63) is 29.6 Å². The van der Waals surface area contributed by atoms with Crippen LogP contribution in [-0.4, -0.2) is 44.5 Å². The van der Waals surface area contributed by atoms with Crippen LogP contribution < -0.4 is 0 Å². The highest BCUT2D eigenvalue weighted by Crippen LogP contribution is 2.23. The van der Waals surface area contributed by atoms with Crippen molar-refractivity contribution in [2.24, 2.45) is 0 Å². The summed E-state index contributed by atoms with van der Waals surface area (Å²) in [6.45, 7) is 1.74. The van der Waals surface area contributed by atoms with Crippen LogP contribution in [0.15, 0.2) is 18.3 Å². The van der Waals surface area contributed by atoms with Crippen LogP contribution in [0.4, 0.5) is 0 Å². The van der Waals surface area contributed by atoms with Crippen LogP contribution in [-0.2, 0) is 4.79 Å². The van der Waals surface area contributed by atoms with Crippen molar-refractivity contribution < 1.29 is 14.7 Å². The lowest BCUT2D eigenvalue weighted by atomic mass is 10.1. The van der Waals surface area contributed by atoms with Gasteiger partial charge in [-0.2, -0.15) is 0 Å². The van der Waals surface area contributed by atoms with E-state index < -0.39 is 12.0 Å². The number of hydrogen-bond acceptors (Lipinski definition) is 4. The Kier molecular flexibility index (Phi) is 3.33. The first-order chi connectivity index (χ1) is 8.11. The van der Waals surface area contributed by atoms with Crippen molar-refractivity contribution in [3.63, 3.8) is 0 Å². The molecule has 2 heterocycles. The first-order valence-corrected chi connectivity index (χ1v) is 6.30. The van der Waals surface area contributed by atoms with Crippen molar-refractivity contribution in [1.82, 2.24) is 9.88 Å². The van der Waals surface area contributed by atoms with Gasteiger partial charge in [0, 0.05) is 17.6 Å². The molecule has 2 rings (SSSR count). The number of nitrogens with zero attached hydrogens (tertiary/aromatic N) is 2. The molecule has 1 aliphatic heterocycles. The second kappa shape index (κ2) is 4.75. The van der Waals surface area contributed by atoms with E-state index in [2.05, 4.69) is 4.98 Å². The third kappa shape index (κ3) is 2.26. The van der Waals surface area contributed by atoms with Crippen molar-refractivity contribution in [3.8, 4) is 0 Å². The molecule has 1 fully saturated rings. The van der Waals surface area contributed by atoms with E-state index in [-0.39, 0.29) is 5.91 Å². The van der Waals surface area contributed by atoms with E-state index in [1.165, 1.54) is 16.7 Å². The zero-order valence-electron chi connectivity index (χ0n) is 9.29. The number of aromatic nitrogens is 1. The molecule has 0 saturated carbocycles. The predicted molar refractivity (Wildman–Crippen MR) is 63.9 cm³/mol. The van der Waals surface area contributed by atoms with E-state index in [1.807, 2.05) is 0 Å². The fourth-order valence-electron chi connectivity index (χ4n) is 1.71. The lowest BCUT2D eigenvalue weighted by molar-refractivity contribution is -0.140. The molecule has 1 aromatic heterocycles. The van der Waals surface area contributed by atoms with Crippen molar-refractivity contribution in [2.45, 2.75) is 13.0 Å². The Balaban J connectivity index is 2.26. The molecule has 1 atom stereocenters. The largest absolute Gasteiger partial charge is 0.480 e. The molecule has 0 radical (unpaired) electrons. The van der Waals surface area contributed by atoms with E-state index >= 15 is 0 Å². The zero-order chi connectivity index (χ0) is 12.4. The highest BCUT2D eigenvalue weighted by Gasteiger charge is 2.35. The minimum Gasteiger partial charge on any atom is -0.480 e. The van der Waals surface area contributed by atoms with Crippen LogP contribution in [0.1, 0.15) is 16.1 Å². The molecule has 1 aromatic rings. The summed E-state index contributed by atoms with van der Waals surface area (Å²) in [7, 11) is 0. The van der Waals surface area contributed by atoms with Crippen LogP contribution in [0, 0.1) is 6.92 Å². The van der Waals surface area contributed by atoms with E-state index in [0.29, 0.717) is 22.9 Å². The van der Waals surface area contributed by atoms with Gasteiger partial charge >= 0.3 is 5.97 Å². The van der Waals surface area contributed by atoms with Gasteiger partial charge in [-0.3, -0.25) is 9.78 Å². The lowest BCUT2D eigenvalue weighted by Gasteiger charge is -2.20. The minimum atomic E-state index is -0.954. The maximum atomic E-state index is 12.2. The summed E-state index contributed by atoms with van der Waals surface area (Å²) >= 11 is 1.45. The normalized spacial score (nSPS) is 19.4. The Morgan fingerprint density at radius 2 is 2.35 bits per heavy atom. The smallest absolute Gasteiger partial charge is 0.327 e. The second-order valence-corrected chi connectivity index (χ2v) is 4.77. The number of pyridine rings is 1.